The molecule has 33 heavy (non-hydrogen) atoms. The fourth-order valence-corrected chi connectivity index (χ4v) is 3.79. The molecule has 1 heterocycles. The van der Waals surface area contributed by atoms with Gasteiger partial charge in [-0.15, -0.1) is 0 Å². The zero-order chi connectivity index (χ0) is 23.8. The van der Waals surface area contributed by atoms with Gasteiger partial charge in [0.25, 0.3) is 0 Å². The molecule has 2 amide bonds. The lowest BCUT2D eigenvalue weighted by Crippen LogP contribution is -2.50. The highest BCUT2D eigenvalue weighted by Crippen LogP contribution is 2.31. The highest BCUT2D eigenvalue weighted by atomic mass is 19.1. The van der Waals surface area contributed by atoms with Crippen LogP contribution in [0.1, 0.15) is 51.2 Å². The molecule has 7 heteroatoms. The highest BCUT2D eigenvalue weighted by Gasteiger charge is 2.29. The standard InChI is InChI=1S/C26H33FN2O4/c1-4-18(3)28-26(31)22(5-2)29(17-20-6-10-21(27)11-7-20)25(30)13-9-19-8-12-23-24(16-19)33-15-14-32-23/h6-8,10-12,16,18,22H,4-5,9,13-15,17H2,1-3H3,(H,28,31)/t18-,22+/m0/s1. The van der Waals surface area contributed by atoms with Crippen molar-refractivity contribution in [3.05, 3.63) is 59.4 Å². The molecule has 0 aliphatic carbocycles. The Kier molecular flexibility index (Phi) is 8.69. The minimum Gasteiger partial charge on any atom is -0.486 e. The van der Waals surface area contributed by atoms with Gasteiger partial charge < -0.3 is 19.7 Å². The third kappa shape index (κ3) is 6.70. The molecule has 3 rings (SSSR count). The van der Waals surface area contributed by atoms with Gasteiger partial charge in [-0.3, -0.25) is 9.59 Å². The van der Waals surface area contributed by atoms with Gasteiger partial charge in [0.2, 0.25) is 11.8 Å². The number of aryl methyl sites for hydroxylation is 1. The Hall–Kier alpha value is -3.09. The average Bonchev–Trinajstić information content (AvgIpc) is 2.83. The van der Waals surface area contributed by atoms with Gasteiger partial charge in [-0.05, 0) is 61.6 Å². The first-order chi connectivity index (χ1) is 15.9. The fourth-order valence-electron chi connectivity index (χ4n) is 3.79. The number of nitrogens with one attached hydrogen (secondary N) is 1. The van der Waals surface area contributed by atoms with E-state index >= 15 is 0 Å². The van der Waals surface area contributed by atoms with Crippen LogP contribution >= 0.6 is 0 Å². The number of carbonyl (C=O) groups excluding carboxylic acids is 2. The van der Waals surface area contributed by atoms with Crippen molar-refractivity contribution in [3.63, 3.8) is 0 Å². The van der Waals surface area contributed by atoms with E-state index in [2.05, 4.69) is 5.32 Å². The maximum absolute atomic E-state index is 13.4. The number of nitrogens with zero attached hydrogens (tertiary/aromatic N) is 1. The van der Waals surface area contributed by atoms with Gasteiger partial charge in [-0.25, -0.2) is 4.39 Å². The molecule has 1 N–H and O–H groups in total. The average molecular weight is 457 g/mol. The smallest absolute Gasteiger partial charge is 0.243 e. The van der Waals surface area contributed by atoms with Gasteiger partial charge >= 0.3 is 0 Å². The number of halogens is 1. The van der Waals surface area contributed by atoms with Crippen molar-refractivity contribution in [2.75, 3.05) is 13.2 Å². The zero-order valence-corrected chi connectivity index (χ0v) is 19.6. The van der Waals surface area contributed by atoms with Crippen LogP contribution in [-0.4, -0.2) is 42.0 Å². The van der Waals surface area contributed by atoms with Crippen molar-refractivity contribution in [3.8, 4) is 11.5 Å². The van der Waals surface area contributed by atoms with Gasteiger partial charge in [-0.1, -0.05) is 32.0 Å². The molecular weight excluding hydrogens is 423 g/mol. The second kappa shape index (κ2) is 11.7. The van der Waals surface area contributed by atoms with Crippen molar-refractivity contribution < 1.29 is 23.5 Å². The number of amides is 2. The van der Waals surface area contributed by atoms with E-state index in [1.807, 2.05) is 39.0 Å². The van der Waals surface area contributed by atoms with Crippen molar-refractivity contribution in [1.29, 1.82) is 0 Å². The lowest BCUT2D eigenvalue weighted by Gasteiger charge is -2.31. The first kappa shape index (κ1) is 24.6. The van der Waals surface area contributed by atoms with Crippen LogP contribution in [0.2, 0.25) is 0 Å². The van der Waals surface area contributed by atoms with Gasteiger partial charge in [-0.2, -0.15) is 0 Å². The summed E-state index contributed by atoms with van der Waals surface area (Å²) in [4.78, 5) is 27.9. The molecule has 2 atom stereocenters. The second-order valence-electron chi connectivity index (χ2n) is 8.37. The molecule has 0 saturated heterocycles. The molecule has 0 spiro atoms. The molecule has 2 aromatic carbocycles. The summed E-state index contributed by atoms with van der Waals surface area (Å²) in [6, 6.07) is 11.1. The summed E-state index contributed by atoms with van der Waals surface area (Å²) in [5.74, 6) is 0.773. The Labute approximate surface area is 195 Å². The minimum atomic E-state index is -0.600. The molecule has 0 fully saturated rings. The molecule has 2 aromatic rings. The normalized spacial score (nSPS) is 14.3. The van der Waals surface area contributed by atoms with Crippen molar-refractivity contribution in [2.24, 2.45) is 0 Å². The molecule has 178 valence electrons. The summed E-state index contributed by atoms with van der Waals surface area (Å²) in [6.07, 6.45) is 2.05. The van der Waals surface area contributed by atoms with Gasteiger partial charge in [0, 0.05) is 19.0 Å². The van der Waals surface area contributed by atoms with E-state index in [-0.39, 0.29) is 36.6 Å². The van der Waals surface area contributed by atoms with Crippen molar-refractivity contribution >= 4 is 11.8 Å². The largest absolute Gasteiger partial charge is 0.486 e. The fraction of sp³-hybridized carbons (Fsp3) is 0.462. The van der Waals surface area contributed by atoms with Crippen LogP contribution in [0, 0.1) is 5.82 Å². The summed E-state index contributed by atoms with van der Waals surface area (Å²) in [7, 11) is 0. The van der Waals surface area contributed by atoms with Gasteiger partial charge in [0.1, 0.15) is 25.1 Å². The molecular formula is C26H33FN2O4. The highest BCUT2D eigenvalue weighted by molar-refractivity contribution is 5.88. The van der Waals surface area contributed by atoms with Crippen LogP contribution < -0.4 is 14.8 Å². The van der Waals surface area contributed by atoms with E-state index in [1.54, 1.807) is 17.0 Å². The van der Waals surface area contributed by atoms with Crippen LogP contribution in [0.3, 0.4) is 0 Å². The minimum absolute atomic E-state index is 0.0204. The number of rotatable bonds is 10. The SMILES string of the molecule is CC[C@H](C(=O)N[C@@H](C)CC)N(Cc1ccc(F)cc1)C(=O)CCc1ccc2c(c1)OCCO2. The van der Waals surface area contributed by atoms with Crippen LogP contribution in [0.15, 0.2) is 42.5 Å². The van der Waals surface area contributed by atoms with Gasteiger partial charge in [0.15, 0.2) is 11.5 Å². The topological polar surface area (TPSA) is 67.9 Å². The summed E-state index contributed by atoms with van der Waals surface area (Å²) in [6.45, 7) is 7.11. The first-order valence-corrected chi connectivity index (χ1v) is 11.6. The third-order valence-electron chi connectivity index (χ3n) is 5.89. The first-order valence-electron chi connectivity index (χ1n) is 11.6. The van der Waals surface area contributed by atoms with Crippen molar-refractivity contribution in [1.82, 2.24) is 10.2 Å². The Morgan fingerprint density at radius 1 is 1.00 bits per heavy atom. The molecule has 0 unspecified atom stereocenters. The lowest BCUT2D eigenvalue weighted by atomic mass is 10.0. The molecule has 1 aliphatic heterocycles. The molecule has 0 saturated carbocycles. The second-order valence-corrected chi connectivity index (χ2v) is 8.37. The maximum Gasteiger partial charge on any atom is 0.243 e. The number of fused-ring (bicyclic) bond motifs is 1. The van der Waals surface area contributed by atoms with E-state index in [9.17, 15) is 14.0 Å². The zero-order valence-electron chi connectivity index (χ0n) is 19.6. The molecule has 6 nitrogen and oxygen atoms in total. The predicted octanol–water partition coefficient (Wildman–Crippen LogP) is 4.25. The summed E-state index contributed by atoms with van der Waals surface area (Å²) in [5, 5.41) is 3.00. The Morgan fingerprint density at radius 2 is 1.67 bits per heavy atom. The molecule has 1 aliphatic rings. The van der Waals surface area contributed by atoms with Crippen molar-refractivity contribution in [2.45, 2.75) is 65.1 Å². The Balaban J connectivity index is 1.75. The van der Waals surface area contributed by atoms with E-state index in [0.717, 1.165) is 17.5 Å². The number of carbonyl (C=O) groups is 2. The number of hydrogen-bond acceptors (Lipinski definition) is 4. The van der Waals surface area contributed by atoms with Crippen LogP contribution in [0.5, 0.6) is 11.5 Å². The van der Waals surface area contributed by atoms with E-state index in [0.29, 0.717) is 37.6 Å². The number of ether oxygens (including phenoxy) is 2. The summed E-state index contributed by atoms with van der Waals surface area (Å²) in [5.41, 5.74) is 1.74. The summed E-state index contributed by atoms with van der Waals surface area (Å²) >= 11 is 0. The van der Waals surface area contributed by atoms with Crippen LogP contribution in [0.25, 0.3) is 0 Å². The summed E-state index contributed by atoms with van der Waals surface area (Å²) < 4.78 is 24.6. The lowest BCUT2D eigenvalue weighted by molar-refractivity contribution is -0.141. The quantitative estimate of drug-likeness (QED) is 0.580. The monoisotopic (exact) mass is 456 g/mol. The van der Waals surface area contributed by atoms with Gasteiger partial charge in [0.05, 0.1) is 0 Å². The number of benzene rings is 2. The Bertz CT molecular complexity index is 948. The Morgan fingerprint density at radius 3 is 2.33 bits per heavy atom. The molecule has 0 bridgehead atoms. The predicted molar refractivity (Wildman–Crippen MR) is 125 cm³/mol. The van der Waals surface area contributed by atoms with E-state index in [4.69, 9.17) is 9.47 Å². The number of hydrogen-bond donors (Lipinski definition) is 1. The molecule has 0 aromatic heterocycles. The van der Waals surface area contributed by atoms with Crippen LogP contribution in [-0.2, 0) is 22.6 Å². The third-order valence-corrected chi connectivity index (χ3v) is 5.89. The molecule has 0 radical (unpaired) electrons. The van der Waals surface area contributed by atoms with Crippen LogP contribution in [0.4, 0.5) is 4.39 Å². The van der Waals surface area contributed by atoms with E-state index in [1.165, 1.54) is 12.1 Å². The van der Waals surface area contributed by atoms with E-state index < -0.39 is 6.04 Å². The maximum atomic E-state index is 13.4.